The summed E-state index contributed by atoms with van der Waals surface area (Å²) in [6.07, 6.45) is 0.687. The lowest BCUT2D eigenvalue weighted by molar-refractivity contribution is 0.0596. The smallest absolute Gasteiger partial charge is 0.339 e. The van der Waals surface area contributed by atoms with Crippen LogP contribution in [-0.2, 0) is 20.2 Å². The van der Waals surface area contributed by atoms with Crippen molar-refractivity contribution in [2.75, 3.05) is 7.11 Å². The van der Waals surface area contributed by atoms with Gasteiger partial charge in [0.05, 0.1) is 17.6 Å². The van der Waals surface area contributed by atoms with Crippen molar-refractivity contribution in [1.82, 2.24) is 0 Å². The van der Waals surface area contributed by atoms with E-state index in [9.17, 15) is 13.2 Å². The van der Waals surface area contributed by atoms with Gasteiger partial charge in [0.15, 0.2) is 0 Å². The summed E-state index contributed by atoms with van der Waals surface area (Å²) in [4.78, 5) is 11.2. The van der Waals surface area contributed by atoms with E-state index in [-0.39, 0.29) is 10.5 Å². The fraction of sp³-hybridized carbons (Fsp3) is 0.300. The van der Waals surface area contributed by atoms with Crippen LogP contribution in [-0.4, -0.2) is 21.5 Å². The summed E-state index contributed by atoms with van der Waals surface area (Å²) in [5.74, 6) is -0.713. The van der Waals surface area contributed by atoms with Gasteiger partial charge in [0, 0.05) is 10.7 Å². The van der Waals surface area contributed by atoms with Gasteiger partial charge in [0.2, 0.25) is 0 Å². The Kier molecular flexibility index (Phi) is 3.93. The van der Waals surface area contributed by atoms with E-state index < -0.39 is 15.0 Å². The lowest BCUT2D eigenvalue weighted by atomic mass is 10.1. The number of carbonyl (C=O) groups excluding carboxylic acids is 1. The highest BCUT2D eigenvalue weighted by atomic mass is 35.7. The van der Waals surface area contributed by atoms with Crippen molar-refractivity contribution in [3.8, 4) is 0 Å². The van der Waals surface area contributed by atoms with Crippen LogP contribution in [0.25, 0.3) is 0 Å². The summed E-state index contributed by atoms with van der Waals surface area (Å²) in [7, 11) is 2.47. The van der Waals surface area contributed by atoms with Gasteiger partial charge >= 0.3 is 5.97 Å². The zero-order valence-electron chi connectivity index (χ0n) is 8.86. The first-order valence-corrected chi connectivity index (χ1v) is 6.87. The molecule has 1 aromatic rings. The monoisotopic (exact) mass is 262 g/mol. The zero-order chi connectivity index (χ0) is 12.3. The molecule has 4 nitrogen and oxygen atoms in total. The Bertz CT molecular complexity index is 508. The third kappa shape index (κ3) is 2.74. The number of esters is 1. The Labute approximate surface area is 98.6 Å². The molecule has 0 radical (unpaired) electrons. The molecule has 88 valence electrons. The molecule has 0 bridgehead atoms. The lowest BCUT2D eigenvalue weighted by Crippen LogP contribution is -2.08. The number of rotatable bonds is 3. The van der Waals surface area contributed by atoms with Gasteiger partial charge in [-0.3, -0.25) is 0 Å². The number of methoxy groups -OCH3 is 1. The molecule has 0 saturated carbocycles. The first-order valence-electron chi connectivity index (χ1n) is 4.56. The predicted octanol–water partition coefficient (Wildman–Crippen LogP) is 1.96. The van der Waals surface area contributed by atoms with Crippen LogP contribution in [0.1, 0.15) is 22.8 Å². The zero-order valence-corrected chi connectivity index (χ0v) is 10.4. The molecule has 0 heterocycles. The minimum atomic E-state index is -3.94. The highest BCUT2D eigenvalue weighted by molar-refractivity contribution is 8.13. The summed E-state index contributed by atoms with van der Waals surface area (Å²) in [5, 5.41) is 0. The Morgan fingerprint density at radius 2 is 2.06 bits per heavy atom. The molecule has 0 aliphatic carbocycles. The van der Waals surface area contributed by atoms with Gasteiger partial charge in [0.25, 0.3) is 9.05 Å². The topological polar surface area (TPSA) is 60.4 Å². The van der Waals surface area contributed by atoms with Crippen molar-refractivity contribution in [3.63, 3.8) is 0 Å². The van der Waals surface area contributed by atoms with Gasteiger partial charge in [-0.05, 0) is 24.1 Å². The van der Waals surface area contributed by atoms with E-state index in [1.165, 1.54) is 19.2 Å². The Morgan fingerprint density at radius 1 is 1.44 bits per heavy atom. The van der Waals surface area contributed by atoms with Crippen molar-refractivity contribution in [1.29, 1.82) is 0 Å². The maximum absolute atomic E-state index is 11.4. The molecule has 0 aliphatic heterocycles. The third-order valence-electron chi connectivity index (χ3n) is 2.12. The van der Waals surface area contributed by atoms with E-state index in [0.717, 1.165) is 5.56 Å². The molecule has 0 aliphatic rings. The summed E-state index contributed by atoms with van der Waals surface area (Å²) >= 11 is 0. The van der Waals surface area contributed by atoms with Crippen LogP contribution in [0.5, 0.6) is 0 Å². The van der Waals surface area contributed by atoms with E-state index in [2.05, 4.69) is 4.74 Å². The van der Waals surface area contributed by atoms with Gasteiger partial charge in [0.1, 0.15) is 0 Å². The molecule has 0 amide bonds. The number of benzene rings is 1. The average molecular weight is 263 g/mol. The normalized spacial score (nSPS) is 11.2. The predicted molar refractivity (Wildman–Crippen MR) is 60.2 cm³/mol. The fourth-order valence-corrected chi connectivity index (χ4v) is 2.32. The van der Waals surface area contributed by atoms with Crippen LogP contribution in [0.4, 0.5) is 0 Å². The van der Waals surface area contributed by atoms with E-state index in [0.29, 0.717) is 6.42 Å². The molecular formula is C10H11ClO4S. The highest BCUT2D eigenvalue weighted by Gasteiger charge is 2.21. The first-order chi connectivity index (χ1) is 7.40. The number of aryl methyl sites for hydroxylation is 1. The minimum Gasteiger partial charge on any atom is -0.465 e. The van der Waals surface area contributed by atoms with Crippen LogP contribution in [0.15, 0.2) is 23.1 Å². The maximum atomic E-state index is 11.4. The molecule has 1 rings (SSSR count). The van der Waals surface area contributed by atoms with Gasteiger partial charge < -0.3 is 4.74 Å². The first kappa shape index (κ1) is 13.0. The number of ether oxygens (including phenoxy) is 1. The largest absolute Gasteiger partial charge is 0.465 e. The van der Waals surface area contributed by atoms with Crippen LogP contribution >= 0.6 is 10.7 Å². The minimum absolute atomic E-state index is 0.0307. The molecule has 0 saturated heterocycles. The van der Waals surface area contributed by atoms with Crippen molar-refractivity contribution < 1.29 is 17.9 Å². The van der Waals surface area contributed by atoms with Gasteiger partial charge in [-0.1, -0.05) is 13.0 Å². The molecule has 6 heteroatoms. The van der Waals surface area contributed by atoms with Crippen LogP contribution < -0.4 is 0 Å². The van der Waals surface area contributed by atoms with Crippen molar-refractivity contribution in [2.45, 2.75) is 18.2 Å². The molecular weight excluding hydrogens is 252 g/mol. The number of hydrogen-bond donors (Lipinski definition) is 0. The van der Waals surface area contributed by atoms with E-state index >= 15 is 0 Å². The average Bonchev–Trinajstić information content (AvgIpc) is 2.25. The number of carbonyl (C=O) groups is 1. The number of halogens is 1. The Morgan fingerprint density at radius 3 is 2.50 bits per heavy atom. The SMILES string of the molecule is CCc1ccc(S(=O)(=O)Cl)c(C(=O)OC)c1. The maximum Gasteiger partial charge on any atom is 0.339 e. The summed E-state index contributed by atoms with van der Waals surface area (Å²) in [5.41, 5.74) is 0.807. The molecule has 0 N–H and O–H groups in total. The molecule has 0 spiro atoms. The Balaban J connectivity index is 3.45. The third-order valence-corrected chi connectivity index (χ3v) is 3.50. The number of hydrogen-bond acceptors (Lipinski definition) is 4. The molecule has 0 aromatic heterocycles. The molecule has 1 aromatic carbocycles. The summed E-state index contributed by atoms with van der Waals surface area (Å²) < 4.78 is 27.0. The second-order valence-corrected chi connectivity index (χ2v) is 5.65. The van der Waals surface area contributed by atoms with Crippen LogP contribution in [0.2, 0.25) is 0 Å². The standard InChI is InChI=1S/C10H11ClO4S/c1-3-7-4-5-9(16(11,13)14)8(6-7)10(12)15-2/h4-6H,3H2,1-2H3. The van der Waals surface area contributed by atoms with Crippen LogP contribution in [0, 0.1) is 0 Å². The summed E-state index contributed by atoms with van der Waals surface area (Å²) in [6, 6.07) is 4.40. The van der Waals surface area contributed by atoms with Crippen molar-refractivity contribution >= 4 is 25.7 Å². The highest BCUT2D eigenvalue weighted by Crippen LogP contribution is 2.22. The Hall–Kier alpha value is -1.07. The molecule has 0 atom stereocenters. The van der Waals surface area contributed by atoms with Gasteiger partial charge in [-0.25, -0.2) is 13.2 Å². The van der Waals surface area contributed by atoms with Crippen molar-refractivity contribution in [3.05, 3.63) is 29.3 Å². The molecule has 16 heavy (non-hydrogen) atoms. The molecule has 0 unspecified atom stereocenters. The quantitative estimate of drug-likeness (QED) is 0.617. The van der Waals surface area contributed by atoms with E-state index in [1.807, 2.05) is 6.92 Å². The van der Waals surface area contributed by atoms with E-state index in [4.69, 9.17) is 10.7 Å². The lowest BCUT2D eigenvalue weighted by Gasteiger charge is -2.06. The second-order valence-electron chi connectivity index (χ2n) is 3.11. The molecule has 0 fully saturated rings. The van der Waals surface area contributed by atoms with Crippen LogP contribution in [0.3, 0.4) is 0 Å². The van der Waals surface area contributed by atoms with Gasteiger partial charge in [-0.2, -0.15) is 0 Å². The fourth-order valence-electron chi connectivity index (χ4n) is 1.28. The van der Waals surface area contributed by atoms with E-state index in [1.54, 1.807) is 6.07 Å². The second kappa shape index (κ2) is 4.84. The van der Waals surface area contributed by atoms with Crippen molar-refractivity contribution in [2.24, 2.45) is 0 Å². The summed E-state index contributed by atoms with van der Waals surface area (Å²) in [6.45, 7) is 1.89. The van der Waals surface area contributed by atoms with Gasteiger partial charge in [-0.15, -0.1) is 0 Å².